The van der Waals surface area contributed by atoms with E-state index in [9.17, 15) is 9.90 Å². The molecule has 1 aliphatic rings. The lowest BCUT2D eigenvalue weighted by atomic mass is 9.94. The first kappa shape index (κ1) is 15.2. The van der Waals surface area contributed by atoms with E-state index in [1.165, 1.54) is 5.56 Å². The Bertz CT molecular complexity index is 634. The van der Waals surface area contributed by atoms with Gasteiger partial charge >= 0.3 is 5.97 Å². The Balaban J connectivity index is 1.86. The van der Waals surface area contributed by atoms with Crippen molar-refractivity contribution in [2.24, 2.45) is 5.92 Å². The number of nitrogens with zero attached hydrogens (tertiary/aromatic N) is 2. The monoisotopic (exact) mass is 316 g/mol. The third kappa shape index (κ3) is 3.20. The second kappa shape index (κ2) is 6.58. The van der Waals surface area contributed by atoms with E-state index in [0.29, 0.717) is 12.8 Å². The Morgan fingerprint density at radius 3 is 2.73 bits per heavy atom. The molecule has 4 nitrogen and oxygen atoms in total. The molecular formula is C17H20N2O2S. The molecule has 0 radical (unpaired) electrons. The van der Waals surface area contributed by atoms with Gasteiger partial charge in [-0.05, 0) is 67.4 Å². The number of hydrogen-bond acceptors (Lipinski definition) is 4. The van der Waals surface area contributed by atoms with E-state index in [0.717, 1.165) is 24.5 Å². The number of likely N-dealkylation sites (tertiary alicyclic amines) is 1. The molecule has 0 aliphatic carbocycles. The van der Waals surface area contributed by atoms with Crippen molar-refractivity contribution in [2.45, 2.75) is 25.8 Å². The second-order valence-corrected chi connectivity index (χ2v) is 6.59. The molecule has 0 amide bonds. The average molecular weight is 316 g/mol. The van der Waals surface area contributed by atoms with Gasteiger partial charge in [-0.2, -0.15) is 11.3 Å². The van der Waals surface area contributed by atoms with Crippen molar-refractivity contribution in [3.63, 3.8) is 0 Å². The van der Waals surface area contributed by atoms with Gasteiger partial charge < -0.3 is 5.11 Å². The Hall–Kier alpha value is -1.72. The summed E-state index contributed by atoms with van der Waals surface area (Å²) in [6, 6.07) is 8.38. The van der Waals surface area contributed by atoms with Crippen molar-refractivity contribution in [2.75, 3.05) is 13.1 Å². The van der Waals surface area contributed by atoms with Crippen LogP contribution in [-0.4, -0.2) is 34.0 Å². The van der Waals surface area contributed by atoms with E-state index in [1.807, 2.05) is 19.1 Å². The van der Waals surface area contributed by atoms with Crippen LogP contribution in [0.5, 0.6) is 0 Å². The highest BCUT2D eigenvalue weighted by Gasteiger charge is 2.30. The fourth-order valence-corrected chi connectivity index (χ4v) is 3.80. The topological polar surface area (TPSA) is 53.4 Å². The third-order valence-corrected chi connectivity index (χ3v) is 4.99. The van der Waals surface area contributed by atoms with Gasteiger partial charge in [0.1, 0.15) is 0 Å². The van der Waals surface area contributed by atoms with Crippen LogP contribution in [0.25, 0.3) is 0 Å². The summed E-state index contributed by atoms with van der Waals surface area (Å²) in [5.74, 6) is -0.870. The summed E-state index contributed by atoms with van der Waals surface area (Å²) in [5.41, 5.74) is 3.31. The van der Waals surface area contributed by atoms with E-state index in [1.54, 1.807) is 11.3 Å². The molecule has 1 fully saturated rings. The maximum atomic E-state index is 11.1. The fraction of sp³-hybridized carbons (Fsp3) is 0.412. The zero-order valence-corrected chi connectivity index (χ0v) is 13.4. The molecular weight excluding hydrogens is 296 g/mol. The third-order valence-electron chi connectivity index (χ3n) is 4.29. The zero-order chi connectivity index (χ0) is 15.5. The minimum Gasteiger partial charge on any atom is -0.481 e. The van der Waals surface area contributed by atoms with Crippen molar-refractivity contribution in [3.8, 4) is 0 Å². The summed E-state index contributed by atoms with van der Waals surface area (Å²) in [5, 5.41) is 13.4. The van der Waals surface area contributed by atoms with Crippen LogP contribution in [0.15, 0.2) is 35.0 Å². The van der Waals surface area contributed by atoms with E-state index < -0.39 is 5.97 Å². The van der Waals surface area contributed by atoms with Crippen LogP contribution in [0, 0.1) is 12.8 Å². The van der Waals surface area contributed by atoms with Crippen LogP contribution < -0.4 is 0 Å². The smallest absolute Gasteiger partial charge is 0.306 e. The molecule has 1 saturated heterocycles. The summed E-state index contributed by atoms with van der Waals surface area (Å²) in [6.45, 7) is 3.60. The molecule has 0 spiro atoms. The normalized spacial score (nSPS) is 18.2. The molecule has 2 aromatic rings. The Morgan fingerprint density at radius 1 is 1.36 bits per heavy atom. The molecule has 1 unspecified atom stereocenters. The molecule has 3 rings (SSSR count). The first-order chi connectivity index (χ1) is 10.6. The van der Waals surface area contributed by atoms with Crippen LogP contribution in [0.1, 0.15) is 35.8 Å². The molecule has 0 aromatic carbocycles. The first-order valence-electron chi connectivity index (χ1n) is 7.57. The van der Waals surface area contributed by atoms with Gasteiger partial charge in [-0.25, -0.2) is 0 Å². The number of aliphatic carboxylic acids is 1. The number of aromatic nitrogens is 1. The highest BCUT2D eigenvalue weighted by Crippen LogP contribution is 2.32. The van der Waals surface area contributed by atoms with E-state index >= 15 is 0 Å². The number of aryl methyl sites for hydroxylation is 1. The largest absolute Gasteiger partial charge is 0.481 e. The van der Waals surface area contributed by atoms with Gasteiger partial charge in [0.2, 0.25) is 0 Å². The Kier molecular flexibility index (Phi) is 4.55. The summed E-state index contributed by atoms with van der Waals surface area (Å²) < 4.78 is 0. The van der Waals surface area contributed by atoms with Crippen LogP contribution in [0.4, 0.5) is 0 Å². The lowest BCUT2D eigenvalue weighted by molar-refractivity contribution is -0.143. The fourth-order valence-electron chi connectivity index (χ4n) is 3.12. The highest BCUT2D eigenvalue weighted by molar-refractivity contribution is 7.08. The van der Waals surface area contributed by atoms with Crippen LogP contribution in [0.2, 0.25) is 0 Å². The number of carboxylic acid groups (broad SMARTS) is 1. The summed E-state index contributed by atoms with van der Waals surface area (Å²) in [4.78, 5) is 18.2. The van der Waals surface area contributed by atoms with Crippen LogP contribution in [-0.2, 0) is 4.79 Å². The number of hydrogen-bond donors (Lipinski definition) is 1. The molecule has 1 atom stereocenters. The lowest BCUT2D eigenvalue weighted by Gasteiger charge is -2.36. The number of rotatable bonds is 4. The van der Waals surface area contributed by atoms with Gasteiger partial charge in [0.25, 0.3) is 0 Å². The SMILES string of the molecule is Cc1cccc(C(c2ccsc2)N2CCC(C(=O)O)CC2)n1. The molecule has 0 bridgehead atoms. The predicted octanol–water partition coefficient (Wildman–Crippen LogP) is 3.34. The molecule has 3 heterocycles. The predicted molar refractivity (Wildman–Crippen MR) is 87.1 cm³/mol. The lowest BCUT2D eigenvalue weighted by Crippen LogP contribution is -2.39. The van der Waals surface area contributed by atoms with Crippen molar-refractivity contribution >= 4 is 17.3 Å². The summed E-state index contributed by atoms with van der Waals surface area (Å²) in [6.07, 6.45) is 1.42. The quantitative estimate of drug-likeness (QED) is 0.940. The van der Waals surface area contributed by atoms with Crippen molar-refractivity contribution in [1.82, 2.24) is 9.88 Å². The van der Waals surface area contributed by atoms with E-state index in [-0.39, 0.29) is 12.0 Å². The zero-order valence-electron chi connectivity index (χ0n) is 12.6. The van der Waals surface area contributed by atoms with E-state index in [2.05, 4.69) is 27.8 Å². The molecule has 2 aromatic heterocycles. The van der Waals surface area contributed by atoms with Crippen LogP contribution in [0.3, 0.4) is 0 Å². The molecule has 5 heteroatoms. The number of carbonyl (C=O) groups is 1. The summed E-state index contributed by atoms with van der Waals surface area (Å²) in [7, 11) is 0. The van der Waals surface area contributed by atoms with Gasteiger partial charge in [0.15, 0.2) is 0 Å². The highest BCUT2D eigenvalue weighted by atomic mass is 32.1. The number of piperidine rings is 1. The van der Waals surface area contributed by atoms with Crippen molar-refractivity contribution in [3.05, 3.63) is 52.0 Å². The maximum absolute atomic E-state index is 11.1. The average Bonchev–Trinajstić information content (AvgIpc) is 3.02. The number of carboxylic acids is 1. The first-order valence-corrected chi connectivity index (χ1v) is 8.52. The van der Waals surface area contributed by atoms with Crippen molar-refractivity contribution in [1.29, 1.82) is 0 Å². The maximum Gasteiger partial charge on any atom is 0.306 e. The molecule has 0 saturated carbocycles. The van der Waals surface area contributed by atoms with E-state index in [4.69, 9.17) is 4.98 Å². The number of pyridine rings is 1. The molecule has 1 aliphatic heterocycles. The Labute approximate surface area is 134 Å². The minimum absolute atomic E-state index is 0.126. The standard InChI is InChI=1S/C17H20N2O2S/c1-12-3-2-4-15(18-12)16(14-7-10-22-11-14)19-8-5-13(6-9-19)17(20)21/h2-4,7,10-11,13,16H,5-6,8-9H2,1H3,(H,20,21). The van der Waals surface area contributed by atoms with Gasteiger partial charge in [0, 0.05) is 5.69 Å². The number of thiophene rings is 1. The minimum atomic E-state index is -0.666. The van der Waals surface area contributed by atoms with Crippen molar-refractivity contribution < 1.29 is 9.90 Å². The van der Waals surface area contributed by atoms with Gasteiger partial charge in [-0.3, -0.25) is 14.7 Å². The van der Waals surface area contributed by atoms with Gasteiger partial charge in [-0.1, -0.05) is 6.07 Å². The Morgan fingerprint density at radius 2 is 2.14 bits per heavy atom. The summed E-state index contributed by atoms with van der Waals surface area (Å²) >= 11 is 1.69. The molecule has 1 N–H and O–H groups in total. The van der Waals surface area contributed by atoms with Crippen LogP contribution >= 0.6 is 11.3 Å². The molecule has 22 heavy (non-hydrogen) atoms. The van der Waals surface area contributed by atoms with Gasteiger partial charge in [-0.15, -0.1) is 0 Å². The molecule has 116 valence electrons. The van der Waals surface area contributed by atoms with Gasteiger partial charge in [0.05, 0.1) is 17.7 Å². The second-order valence-electron chi connectivity index (χ2n) is 5.81.